The van der Waals surface area contributed by atoms with Crippen LogP contribution in [-0.4, -0.2) is 23.0 Å². The van der Waals surface area contributed by atoms with Gasteiger partial charge in [-0.1, -0.05) is 42.5 Å². The van der Waals surface area contributed by atoms with Crippen LogP contribution in [0.3, 0.4) is 0 Å². The Morgan fingerprint density at radius 1 is 0.950 bits per heavy atom. The normalized spacial score (nSPS) is 18.0. The molecule has 1 unspecified atom stereocenters. The third-order valence-electron chi connectivity index (χ3n) is 4.11. The molecule has 1 heterocycles. The molecule has 4 rings (SSSR count). The third-order valence-corrected chi connectivity index (χ3v) is 4.11. The SMILES string of the molecule is CN1C(=O)c2cccc3ccc4cccc(c4c23)C1O. The molecule has 1 amide bonds. The van der Waals surface area contributed by atoms with E-state index in [0.29, 0.717) is 5.56 Å². The van der Waals surface area contributed by atoms with Crippen molar-refractivity contribution in [2.24, 2.45) is 0 Å². The Morgan fingerprint density at radius 2 is 1.60 bits per heavy atom. The maximum absolute atomic E-state index is 12.5. The van der Waals surface area contributed by atoms with Gasteiger partial charge in [-0.2, -0.15) is 0 Å². The smallest absolute Gasteiger partial charge is 0.256 e. The summed E-state index contributed by atoms with van der Waals surface area (Å²) < 4.78 is 0. The second-order valence-electron chi connectivity index (χ2n) is 5.20. The number of carbonyl (C=O) groups is 1. The van der Waals surface area contributed by atoms with E-state index in [-0.39, 0.29) is 5.91 Å². The lowest BCUT2D eigenvalue weighted by Gasteiger charge is -2.22. The van der Waals surface area contributed by atoms with Gasteiger partial charge >= 0.3 is 0 Å². The highest BCUT2D eigenvalue weighted by Crippen LogP contribution is 2.37. The third kappa shape index (κ3) is 1.30. The molecule has 0 saturated carbocycles. The van der Waals surface area contributed by atoms with Gasteiger partial charge in [-0.25, -0.2) is 0 Å². The minimum atomic E-state index is -0.913. The van der Waals surface area contributed by atoms with Crippen molar-refractivity contribution in [2.45, 2.75) is 6.23 Å². The molecule has 1 aliphatic heterocycles. The first-order valence-corrected chi connectivity index (χ1v) is 6.58. The van der Waals surface area contributed by atoms with Gasteiger partial charge < -0.3 is 10.0 Å². The molecule has 20 heavy (non-hydrogen) atoms. The molecule has 0 aliphatic carbocycles. The van der Waals surface area contributed by atoms with Crippen LogP contribution >= 0.6 is 0 Å². The van der Waals surface area contributed by atoms with Crippen LogP contribution in [0.5, 0.6) is 0 Å². The number of aliphatic hydroxyl groups excluding tert-OH is 1. The van der Waals surface area contributed by atoms with E-state index in [2.05, 4.69) is 0 Å². The van der Waals surface area contributed by atoms with Gasteiger partial charge in [0, 0.05) is 23.6 Å². The Kier molecular flexibility index (Phi) is 2.18. The predicted octanol–water partition coefficient (Wildman–Crippen LogP) is 3.07. The Balaban J connectivity index is 2.33. The van der Waals surface area contributed by atoms with Crippen molar-refractivity contribution < 1.29 is 9.90 Å². The largest absolute Gasteiger partial charge is 0.369 e. The summed E-state index contributed by atoms with van der Waals surface area (Å²) in [4.78, 5) is 13.9. The van der Waals surface area contributed by atoms with Gasteiger partial charge in [-0.05, 0) is 22.2 Å². The molecule has 3 aromatic rings. The van der Waals surface area contributed by atoms with Crippen LogP contribution in [0.1, 0.15) is 22.1 Å². The van der Waals surface area contributed by atoms with Crippen LogP contribution in [0, 0.1) is 0 Å². The molecule has 0 saturated heterocycles. The molecule has 0 radical (unpaired) electrons. The van der Waals surface area contributed by atoms with Gasteiger partial charge in [0.1, 0.15) is 0 Å². The summed E-state index contributed by atoms with van der Waals surface area (Å²) in [5.41, 5.74) is 1.44. The number of nitrogens with zero attached hydrogens (tertiary/aromatic N) is 1. The van der Waals surface area contributed by atoms with Gasteiger partial charge in [0.05, 0.1) is 0 Å². The highest BCUT2D eigenvalue weighted by molar-refractivity contribution is 6.19. The van der Waals surface area contributed by atoms with Gasteiger partial charge in [0.25, 0.3) is 5.91 Å². The quantitative estimate of drug-likeness (QED) is 0.633. The number of carbonyl (C=O) groups excluding carboxylic acids is 1. The predicted molar refractivity (Wildman–Crippen MR) is 78.5 cm³/mol. The van der Waals surface area contributed by atoms with Crippen LogP contribution in [0.2, 0.25) is 0 Å². The molecular weight excluding hydrogens is 250 g/mol. The second-order valence-corrected chi connectivity index (χ2v) is 5.20. The molecule has 1 N–H and O–H groups in total. The summed E-state index contributed by atoms with van der Waals surface area (Å²) in [6.07, 6.45) is -0.913. The van der Waals surface area contributed by atoms with Crippen molar-refractivity contribution in [2.75, 3.05) is 7.05 Å². The lowest BCUT2D eigenvalue weighted by atomic mass is 9.95. The second kappa shape index (κ2) is 3.81. The van der Waals surface area contributed by atoms with E-state index in [1.54, 1.807) is 7.05 Å². The first kappa shape index (κ1) is 11.4. The molecule has 0 fully saturated rings. The average molecular weight is 263 g/mol. The van der Waals surface area contributed by atoms with Crippen LogP contribution < -0.4 is 0 Å². The van der Waals surface area contributed by atoms with Crippen LogP contribution in [-0.2, 0) is 0 Å². The number of rotatable bonds is 0. The summed E-state index contributed by atoms with van der Waals surface area (Å²) in [6.45, 7) is 0. The topological polar surface area (TPSA) is 40.5 Å². The molecule has 1 atom stereocenters. The molecule has 0 spiro atoms. The molecule has 1 aliphatic rings. The minimum absolute atomic E-state index is 0.146. The first-order valence-electron chi connectivity index (χ1n) is 6.58. The van der Waals surface area contributed by atoms with Crippen molar-refractivity contribution >= 4 is 27.5 Å². The Morgan fingerprint density at radius 3 is 2.35 bits per heavy atom. The summed E-state index contributed by atoms with van der Waals surface area (Å²) >= 11 is 0. The zero-order valence-electron chi connectivity index (χ0n) is 11.0. The van der Waals surface area contributed by atoms with E-state index in [1.165, 1.54) is 4.90 Å². The number of benzene rings is 3. The fraction of sp³-hybridized carbons (Fsp3) is 0.118. The number of amides is 1. The maximum Gasteiger partial charge on any atom is 0.256 e. The van der Waals surface area contributed by atoms with Crippen molar-refractivity contribution in [3.63, 3.8) is 0 Å². The Labute approximate surface area is 116 Å². The summed E-state index contributed by atoms with van der Waals surface area (Å²) in [6, 6.07) is 15.6. The van der Waals surface area contributed by atoms with Gasteiger partial charge in [0.15, 0.2) is 6.23 Å². The molecule has 0 aromatic heterocycles. The van der Waals surface area contributed by atoms with Crippen LogP contribution in [0.15, 0.2) is 48.5 Å². The van der Waals surface area contributed by atoms with E-state index in [9.17, 15) is 9.90 Å². The number of hydrogen-bond acceptors (Lipinski definition) is 2. The number of aliphatic hydroxyl groups is 1. The van der Waals surface area contributed by atoms with E-state index >= 15 is 0 Å². The maximum atomic E-state index is 12.5. The number of hydrogen-bond donors (Lipinski definition) is 1. The minimum Gasteiger partial charge on any atom is -0.369 e. The average Bonchev–Trinajstić information content (AvgIpc) is 2.58. The molecule has 0 bridgehead atoms. The lowest BCUT2D eigenvalue weighted by molar-refractivity contribution is 0.0202. The van der Waals surface area contributed by atoms with E-state index < -0.39 is 6.23 Å². The zero-order chi connectivity index (χ0) is 13.9. The monoisotopic (exact) mass is 263 g/mol. The summed E-state index contributed by atoms with van der Waals surface area (Å²) in [7, 11) is 1.64. The fourth-order valence-corrected chi connectivity index (χ4v) is 3.09. The van der Waals surface area contributed by atoms with Crippen LogP contribution in [0.4, 0.5) is 0 Å². The molecule has 98 valence electrons. The van der Waals surface area contributed by atoms with Crippen LogP contribution in [0.25, 0.3) is 21.5 Å². The van der Waals surface area contributed by atoms with Gasteiger partial charge in [-0.15, -0.1) is 0 Å². The molecule has 3 nitrogen and oxygen atoms in total. The van der Waals surface area contributed by atoms with Gasteiger partial charge in [-0.3, -0.25) is 4.79 Å². The lowest BCUT2D eigenvalue weighted by Crippen LogP contribution is -2.29. The zero-order valence-corrected chi connectivity index (χ0v) is 11.0. The van der Waals surface area contributed by atoms with Gasteiger partial charge in [0.2, 0.25) is 0 Å². The summed E-state index contributed by atoms with van der Waals surface area (Å²) in [5.74, 6) is -0.146. The highest BCUT2D eigenvalue weighted by atomic mass is 16.3. The fourth-order valence-electron chi connectivity index (χ4n) is 3.09. The van der Waals surface area contributed by atoms with Crippen molar-refractivity contribution in [3.8, 4) is 0 Å². The van der Waals surface area contributed by atoms with Crippen molar-refractivity contribution in [1.82, 2.24) is 4.90 Å². The van der Waals surface area contributed by atoms with E-state index in [0.717, 1.165) is 27.1 Å². The Bertz CT molecular complexity index is 869. The highest BCUT2D eigenvalue weighted by Gasteiger charge is 2.28. The molecule has 3 heteroatoms. The van der Waals surface area contributed by atoms with E-state index in [1.807, 2.05) is 48.5 Å². The Hall–Kier alpha value is -2.39. The first-order chi connectivity index (χ1) is 9.68. The summed E-state index contributed by atoms with van der Waals surface area (Å²) in [5, 5.41) is 14.5. The van der Waals surface area contributed by atoms with Crippen molar-refractivity contribution in [1.29, 1.82) is 0 Å². The van der Waals surface area contributed by atoms with Crippen molar-refractivity contribution in [3.05, 3.63) is 59.7 Å². The standard InChI is InChI=1S/C17H13NO2/c1-18-16(19)12-6-2-4-10-8-9-11-5-3-7-13(17(18)20)15(11)14(10)12/h2-9,16,19H,1H3. The molecule has 3 aromatic carbocycles. The van der Waals surface area contributed by atoms with E-state index in [4.69, 9.17) is 0 Å². The molecular formula is C17H13NO2.